The first-order valence-electron chi connectivity index (χ1n) is 4.31. The monoisotopic (exact) mass is 216 g/mol. The van der Waals surface area contributed by atoms with E-state index in [4.69, 9.17) is 24.5 Å². The van der Waals surface area contributed by atoms with Crippen LogP contribution < -0.4 is 10.2 Å². The van der Waals surface area contributed by atoms with Gasteiger partial charge in [-0.2, -0.15) is 0 Å². The molecule has 15 heavy (non-hydrogen) atoms. The van der Waals surface area contributed by atoms with Crippen LogP contribution in [0.15, 0.2) is 21.5 Å². The Kier molecular flexibility index (Phi) is 4.29. The van der Waals surface area contributed by atoms with Crippen molar-refractivity contribution in [1.29, 1.82) is 0 Å². The third-order valence-corrected chi connectivity index (χ3v) is 1.65. The van der Waals surface area contributed by atoms with E-state index in [0.29, 0.717) is 0 Å². The van der Waals surface area contributed by atoms with Crippen molar-refractivity contribution in [3.05, 3.63) is 28.3 Å². The van der Waals surface area contributed by atoms with Gasteiger partial charge in [0.1, 0.15) is 31.3 Å². The number of aliphatic hydroxyl groups excluding tert-OH is 3. The Hall–Kier alpha value is -1.37. The van der Waals surface area contributed by atoms with E-state index < -0.39 is 18.1 Å². The van der Waals surface area contributed by atoms with Crippen LogP contribution in [0.4, 0.5) is 0 Å². The largest absolute Gasteiger partial charge is 0.484 e. The van der Waals surface area contributed by atoms with Crippen molar-refractivity contribution in [3.63, 3.8) is 0 Å². The lowest BCUT2D eigenvalue weighted by Gasteiger charge is -2.08. The molecule has 6 heteroatoms. The Morgan fingerprint density at radius 1 is 1.47 bits per heavy atom. The molecule has 0 spiro atoms. The predicted molar refractivity (Wildman–Crippen MR) is 49.5 cm³/mol. The maximum absolute atomic E-state index is 11.3. The topological polar surface area (TPSA) is 100 Å². The van der Waals surface area contributed by atoms with Gasteiger partial charge in [-0.15, -0.1) is 0 Å². The van der Waals surface area contributed by atoms with Crippen molar-refractivity contribution in [1.82, 2.24) is 0 Å². The van der Waals surface area contributed by atoms with Gasteiger partial charge in [0.15, 0.2) is 0 Å². The third kappa shape index (κ3) is 3.35. The average Bonchev–Trinajstić information content (AvgIpc) is 2.26. The molecule has 0 aromatic carbocycles. The van der Waals surface area contributed by atoms with Gasteiger partial charge in [-0.1, -0.05) is 0 Å². The molecule has 0 aliphatic rings. The van der Waals surface area contributed by atoms with E-state index in [1.54, 1.807) is 0 Å². The summed E-state index contributed by atoms with van der Waals surface area (Å²) in [5.74, 6) is 0.0646. The maximum atomic E-state index is 11.3. The molecule has 0 bridgehead atoms. The van der Waals surface area contributed by atoms with Crippen LogP contribution in [0.25, 0.3) is 0 Å². The fourth-order valence-corrected chi connectivity index (χ4v) is 0.865. The van der Waals surface area contributed by atoms with Gasteiger partial charge in [0, 0.05) is 6.07 Å². The molecule has 0 radical (unpaired) electrons. The van der Waals surface area contributed by atoms with Crippen LogP contribution in [0.3, 0.4) is 0 Å². The summed E-state index contributed by atoms with van der Waals surface area (Å²) in [5, 5.41) is 26.1. The second kappa shape index (κ2) is 5.50. The molecule has 3 N–H and O–H groups in total. The smallest absolute Gasteiger partial charge is 0.227 e. The highest BCUT2D eigenvalue weighted by molar-refractivity contribution is 5.17. The highest BCUT2D eigenvalue weighted by Gasteiger charge is 2.07. The van der Waals surface area contributed by atoms with Gasteiger partial charge < -0.3 is 24.5 Å². The van der Waals surface area contributed by atoms with Gasteiger partial charge in [0.05, 0.1) is 6.61 Å². The van der Waals surface area contributed by atoms with Crippen molar-refractivity contribution >= 4 is 0 Å². The van der Waals surface area contributed by atoms with Gasteiger partial charge >= 0.3 is 0 Å². The maximum Gasteiger partial charge on any atom is 0.227 e. The summed E-state index contributed by atoms with van der Waals surface area (Å²) >= 11 is 0. The Balaban J connectivity index is 2.66. The number of ether oxygens (including phenoxy) is 1. The van der Waals surface area contributed by atoms with Gasteiger partial charge in [-0.05, 0) is 0 Å². The summed E-state index contributed by atoms with van der Waals surface area (Å²) in [6.07, 6.45) is 0.0137. The first-order valence-corrected chi connectivity index (χ1v) is 4.31. The van der Waals surface area contributed by atoms with Gasteiger partial charge in [0.2, 0.25) is 11.2 Å². The van der Waals surface area contributed by atoms with Crippen molar-refractivity contribution in [2.24, 2.45) is 0 Å². The van der Waals surface area contributed by atoms with E-state index in [2.05, 4.69) is 0 Å². The summed E-state index contributed by atoms with van der Waals surface area (Å²) in [7, 11) is 0. The van der Waals surface area contributed by atoms with Crippen LogP contribution in [-0.4, -0.2) is 34.6 Å². The predicted octanol–water partition coefficient (Wildman–Crippen LogP) is -1.14. The zero-order valence-electron chi connectivity index (χ0n) is 7.92. The number of rotatable bonds is 5. The van der Waals surface area contributed by atoms with Crippen LogP contribution in [0.1, 0.15) is 5.76 Å². The van der Waals surface area contributed by atoms with E-state index in [1.165, 1.54) is 0 Å². The molecular weight excluding hydrogens is 204 g/mol. The number of hydrogen-bond acceptors (Lipinski definition) is 6. The second-order valence-electron chi connectivity index (χ2n) is 2.88. The van der Waals surface area contributed by atoms with Gasteiger partial charge in [0.25, 0.3) is 0 Å². The van der Waals surface area contributed by atoms with E-state index in [0.717, 1.165) is 12.3 Å². The van der Waals surface area contributed by atoms with Crippen molar-refractivity contribution < 1.29 is 24.5 Å². The lowest BCUT2D eigenvalue weighted by Crippen LogP contribution is -2.23. The molecule has 0 fully saturated rings. The summed E-state index contributed by atoms with van der Waals surface area (Å²) in [6, 6.07) is 1.10. The lowest BCUT2D eigenvalue weighted by atomic mass is 10.3. The summed E-state index contributed by atoms with van der Waals surface area (Å²) in [5.41, 5.74) is -0.449. The number of aliphatic hydroxyl groups is 3. The van der Waals surface area contributed by atoms with E-state index >= 15 is 0 Å². The Morgan fingerprint density at radius 2 is 2.20 bits per heavy atom. The zero-order chi connectivity index (χ0) is 11.3. The minimum absolute atomic E-state index is 0.0697. The zero-order valence-corrected chi connectivity index (χ0v) is 7.92. The fraction of sp³-hybridized carbons (Fsp3) is 0.444. The first kappa shape index (κ1) is 11.7. The van der Waals surface area contributed by atoms with Gasteiger partial charge in [-0.25, -0.2) is 0 Å². The standard InChI is InChI=1S/C9H12O6/c10-2-6(12)4-15-9-5-14-7(3-11)1-8(9)13/h1,5-6,10-12H,2-4H2. The van der Waals surface area contributed by atoms with Crippen LogP contribution in [0.2, 0.25) is 0 Å². The van der Waals surface area contributed by atoms with Crippen LogP contribution in [-0.2, 0) is 6.61 Å². The SMILES string of the molecule is O=c1cc(CO)occ1OCC(O)CO. The minimum atomic E-state index is -1.04. The Bertz CT molecular complexity index is 358. The molecule has 6 nitrogen and oxygen atoms in total. The van der Waals surface area contributed by atoms with Crippen molar-refractivity contribution in [2.45, 2.75) is 12.7 Å². The molecular formula is C9H12O6. The molecule has 1 atom stereocenters. The van der Waals surface area contributed by atoms with Crippen molar-refractivity contribution in [2.75, 3.05) is 13.2 Å². The Labute approximate surface area is 85.4 Å². The molecule has 0 amide bonds. The molecule has 0 saturated heterocycles. The molecule has 0 aliphatic carbocycles. The highest BCUT2D eigenvalue weighted by Crippen LogP contribution is 2.05. The number of hydrogen-bond donors (Lipinski definition) is 3. The summed E-state index contributed by atoms with van der Waals surface area (Å²) in [4.78, 5) is 11.3. The normalized spacial score (nSPS) is 12.5. The van der Waals surface area contributed by atoms with Crippen LogP contribution in [0.5, 0.6) is 5.75 Å². The highest BCUT2D eigenvalue weighted by atomic mass is 16.5. The fourth-order valence-electron chi connectivity index (χ4n) is 0.865. The third-order valence-electron chi connectivity index (χ3n) is 1.65. The lowest BCUT2D eigenvalue weighted by molar-refractivity contribution is 0.0524. The molecule has 0 aliphatic heterocycles. The molecule has 1 aromatic heterocycles. The molecule has 1 heterocycles. The molecule has 1 aromatic rings. The molecule has 1 unspecified atom stereocenters. The summed E-state index contributed by atoms with van der Waals surface area (Å²) < 4.78 is 9.73. The second-order valence-corrected chi connectivity index (χ2v) is 2.88. The Morgan fingerprint density at radius 3 is 2.73 bits per heavy atom. The quantitative estimate of drug-likeness (QED) is 0.575. The summed E-state index contributed by atoms with van der Waals surface area (Å²) in [6.45, 7) is -1.01. The first-order chi connectivity index (χ1) is 7.17. The average molecular weight is 216 g/mol. The van der Waals surface area contributed by atoms with Crippen LogP contribution >= 0.6 is 0 Å². The molecule has 0 saturated carbocycles. The van der Waals surface area contributed by atoms with E-state index in [9.17, 15) is 4.79 Å². The molecule has 1 rings (SSSR count). The van der Waals surface area contributed by atoms with E-state index in [1.807, 2.05) is 0 Å². The van der Waals surface area contributed by atoms with Gasteiger partial charge in [-0.3, -0.25) is 4.79 Å². The van der Waals surface area contributed by atoms with Crippen molar-refractivity contribution in [3.8, 4) is 5.75 Å². The van der Waals surface area contributed by atoms with E-state index in [-0.39, 0.29) is 24.7 Å². The molecule has 84 valence electrons. The van der Waals surface area contributed by atoms with Crippen LogP contribution in [0, 0.1) is 0 Å². The minimum Gasteiger partial charge on any atom is -0.484 e.